The number of carbonyl (C=O) groups excluding carboxylic acids is 2. The maximum absolute atomic E-state index is 12.5. The molecule has 10 nitrogen and oxygen atoms in total. The van der Waals surface area contributed by atoms with Gasteiger partial charge in [0.05, 0.1) is 10.6 Å². The number of ether oxygens (including phenoxy) is 1. The molecule has 1 heterocycles. The van der Waals surface area contributed by atoms with E-state index in [0.29, 0.717) is 5.69 Å². The Labute approximate surface area is 157 Å². The van der Waals surface area contributed by atoms with E-state index in [0.717, 1.165) is 11.1 Å². The third-order valence-electron chi connectivity index (χ3n) is 3.75. The summed E-state index contributed by atoms with van der Waals surface area (Å²) in [4.78, 5) is 45.8. The lowest BCUT2D eigenvalue weighted by Crippen LogP contribution is -2.35. The van der Waals surface area contributed by atoms with E-state index in [9.17, 15) is 24.5 Å². The standard InChI is InChI=1S/C18H13N3O7/c22-16(23)10-28-15-7-6-11(9-14(15)21(26)27)8-13-17(24)19-20(18(13)25)12-4-2-1-3-5-12/h1-9H,10H2,(H,19,24)(H,22,23). The van der Waals surface area contributed by atoms with E-state index in [4.69, 9.17) is 9.84 Å². The van der Waals surface area contributed by atoms with E-state index < -0.39 is 35.0 Å². The van der Waals surface area contributed by atoms with Crippen LogP contribution in [-0.4, -0.2) is 34.4 Å². The fourth-order valence-corrected chi connectivity index (χ4v) is 2.51. The van der Waals surface area contributed by atoms with Gasteiger partial charge >= 0.3 is 11.7 Å². The summed E-state index contributed by atoms with van der Waals surface area (Å²) >= 11 is 0. The number of nitro benzene ring substituents is 1. The highest BCUT2D eigenvalue weighted by atomic mass is 16.6. The van der Waals surface area contributed by atoms with Gasteiger partial charge in [0.1, 0.15) is 5.57 Å². The Morgan fingerprint density at radius 3 is 2.57 bits per heavy atom. The van der Waals surface area contributed by atoms with Crippen molar-refractivity contribution in [2.75, 3.05) is 11.6 Å². The highest BCUT2D eigenvalue weighted by molar-refractivity contribution is 6.31. The van der Waals surface area contributed by atoms with Crippen molar-refractivity contribution in [2.24, 2.45) is 0 Å². The summed E-state index contributed by atoms with van der Waals surface area (Å²) in [6.45, 7) is -0.742. The highest BCUT2D eigenvalue weighted by Crippen LogP contribution is 2.29. The topological polar surface area (TPSA) is 139 Å². The van der Waals surface area contributed by atoms with Crippen LogP contribution in [-0.2, 0) is 14.4 Å². The fourth-order valence-electron chi connectivity index (χ4n) is 2.51. The molecule has 142 valence electrons. The second kappa shape index (κ2) is 7.58. The largest absolute Gasteiger partial charge is 0.479 e. The first kappa shape index (κ1) is 18.6. The molecule has 0 bridgehead atoms. The number of nitrogens with zero attached hydrogens (tertiary/aromatic N) is 2. The van der Waals surface area contributed by atoms with Crippen molar-refractivity contribution in [3.05, 3.63) is 69.8 Å². The van der Waals surface area contributed by atoms with Gasteiger partial charge < -0.3 is 9.84 Å². The molecule has 2 aromatic carbocycles. The van der Waals surface area contributed by atoms with Gasteiger partial charge in [-0.1, -0.05) is 24.3 Å². The summed E-state index contributed by atoms with van der Waals surface area (Å²) < 4.78 is 4.89. The zero-order chi connectivity index (χ0) is 20.3. The minimum atomic E-state index is -1.28. The molecule has 0 spiro atoms. The predicted molar refractivity (Wildman–Crippen MR) is 96.3 cm³/mol. The van der Waals surface area contributed by atoms with Gasteiger partial charge in [0.25, 0.3) is 11.8 Å². The third kappa shape index (κ3) is 3.80. The van der Waals surface area contributed by atoms with Gasteiger partial charge in [0, 0.05) is 6.07 Å². The van der Waals surface area contributed by atoms with Crippen LogP contribution in [0.4, 0.5) is 11.4 Å². The minimum Gasteiger partial charge on any atom is -0.479 e. The Balaban J connectivity index is 1.91. The Bertz CT molecular complexity index is 1000. The summed E-state index contributed by atoms with van der Waals surface area (Å²) in [7, 11) is 0. The SMILES string of the molecule is O=C(O)COc1ccc(C=C2C(=O)NN(c3ccccc3)C2=O)cc1[N+](=O)[O-]. The van der Waals surface area contributed by atoms with Crippen LogP contribution in [0, 0.1) is 10.1 Å². The molecule has 1 saturated heterocycles. The molecule has 0 atom stereocenters. The van der Waals surface area contributed by atoms with Gasteiger partial charge in [-0.3, -0.25) is 25.1 Å². The van der Waals surface area contributed by atoms with Crippen LogP contribution < -0.4 is 15.2 Å². The van der Waals surface area contributed by atoms with Crippen molar-refractivity contribution in [1.82, 2.24) is 5.43 Å². The van der Waals surface area contributed by atoms with Gasteiger partial charge in [-0.25, -0.2) is 9.80 Å². The number of anilines is 1. The molecule has 28 heavy (non-hydrogen) atoms. The monoisotopic (exact) mass is 383 g/mol. The number of rotatable bonds is 6. The molecule has 2 aromatic rings. The Morgan fingerprint density at radius 2 is 1.93 bits per heavy atom. The van der Waals surface area contributed by atoms with Crippen LogP contribution in [0.25, 0.3) is 6.08 Å². The number of amides is 2. The van der Waals surface area contributed by atoms with E-state index in [1.165, 1.54) is 18.2 Å². The van der Waals surface area contributed by atoms with Crippen LogP contribution in [0.3, 0.4) is 0 Å². The van der Waals surface area contributed by atoms with Crippen molar-refractivity contribution in [1.29, 1.82) is 0 Å². The second-order valence-electron chi connectivity index (χ2n) is 5.64. The number of nitrogens with one attached hydrogen (secondary N) is 1. The van der Waals surface area contributed by atoms with E-state index in [1.54, 1.807) is 30.3 Å². The average molecular weight is 383 g/mol. The number of carboxylic acid groups (broad SMARTS) is 1. The van der Waals surface area contributed by atoms with Crippen molar-refractivity contribution in [3.63, 3.8) is 0 Å². The van der Waals surface area contributed by atoms with Gasteiger partial charge in [0.2, 0.25) is 0 Å². The molecule has 0 unspecified atom stereocenters. The van der Waals surface area contributed by atoms with E-state index in [2.05, 4.69) is 5.43 Å². The number of carboxylic acids is 1. The highest BCUT2D eigenvalue weighted by Gasteiger charge is 2.34. The molecule has 10 heteroatoms. The maximum Gasteiger partial charge on any atom is 0.341 e. The second-order valence-corrected chi connectivity index (χ2v) is 5.64. The lowest BCUT2D eigenvalue weighted by molar-refractivity contribution is -0.385. The lowest BCUT2D eigenvalue weighted by Gasteiger charge is -2.13. The molecule has 3 rings (SSSR count). The zero-order valence-electron chi connectivity index (χ0n) is 14.2. The first-order valence-corrected chi connectivity index (χ1v) is 7.92. The summed E-state index contributed by atoms with van der Waals surface area (Å²) in [5.41, 5.74) is 2.42. The predicted octanol–water partition coefficient (Wildman–Crippen LogP) is 1.52. The van der Waals surface area contributed by atoms with Gasteiger partial charge in [0.15, 0.2) is 12.4 Å². The summed E-state index contributed by atoms with van der Waals surface area (Å²) in [5.74, 6) is -2.77. The number of carbonyl (C=O) groups is 3. The smallest absolute Gasteiger partial charge is 0.341 e. The normalized spacial score (nSPS) is 14.9. The maximum atomic E-state index is 12.5. The van der Waals surface area contributed by atoms with E-state index >= 15 is 0 Å². The van der Waals surface area contributed by atoms with Crippen LogP contribution in [0.15, 0.2) is 54.1 Å². The molecule has 0 saturated carbocycles. The van der Waals surface area contributed by atoms with Gasteiger partial charge in [-0.05, 0) is 29.8 Å². The molecule has 1 fully saturated rings. The molecule has 2 N–H and O–H groups in total. The van der Waals surface area contributed by atoms with Crippen LogP contribution in [0.5, 0.6) is 5.75 Å². The molecule has 2 amide bonds. The number of nitro groups is 1. The number of aliphatic carboxylic acids is 1. The van der Waals surface area contributed by atoms with Crippen molar-refractivity contribution < 1.29 is 29.2 Å². The van der Waals surface area contributed by atoms with E-state index in [-0.39, 0.29) is 16.9 Å². The first-order valence-electron chi connectivity index (χ1n) is 7.92. The van der Waals surface area contributed by atoms with Crippen LogP contribution >= 0.6 is 0 Å². The first-order chi connectivity index (χ1) is 13.4. The van der Waals surface area contributed by atoms with Gasteiger partial charge in [-0.15, -0.1) is 0 Å². The molecule has 1 aliphatic heterocycles. The Hall–Kier alpha value is -4.21. The summed E-state index contributed by atoms with van der Waals surface area (Å²) in [6.07, 6.45) is 1.22. The van der Waals surface area contributed by atoms with Crippen LogP contribution in [0.2, 0.25) is 0 Å². The molecule has 1 aliphatic rings. The van der Waals surface area contributed by atoms with Crippen molar-refractivity contribution in [2.45, 2.75) is 0 Å². The number of hydrogen-bond acceptors (Lipinski definition) is 6. The molecular weight excluding hydrogens is 370 g/mol. The number of benzene rings is 2. The lowest BCUT2D eigenvalue weighted by atomic mass is 10.1. The minimum absolute atomic E-state index is 0.197. The summed E-state index contributed by atoms with van der Waals surface area (Å²) in [6, 6.07) is 12.1. The van der Waals surface area contributed by atoms with Gasteiger partial charge in [-0.2, -0.15) is 0 Å². The number of para-hydroxylation sites is 1. The quantitative estimate of drug-likeness (QED) is 0.334. The fraction of sp³-hybridized carbons (Fsp3) is 0.0556. The molecule has 0 aromatic heterocycles. The molecule has 0 aliphatic carbocycles. The number of hydrogen-bond donors (Lipinski definition) is 2. The summed E-state index contributed by atoms with van der Waals surface area (Å²) in [5, 5.41) is 20.9. The zero-order valence-corrected chi connectivity index (χ0v) is 14.2. The van der Waals surface area contributed by atoms with Crippen LogP contribution in [0.1, 0.15) is 5.56 Å². The molecule has 0 radical (unpaired) electrons. The third-order valence-corrected chi connectivity index (χ3v) is 3.75. The van der Waals surface area contributed by atoms with Crippen molar-refractivity contribution >= 4 is 35.2 Å². The molecular formula is C18H13N3O7. The number of hydrazine groups is 1. The Morgan fingerprint density at radius 1 is 1.21 bits per heavy atom. The van der Waals surface area contributed by atoms with Crippen molar-refractivity contribution in [3.8, 4) is 5.75 Å². The average Bonchev–Trinajstić information content (AvgIpc) is 2.95. The Kier molecular flexibility index (Phi) is 5.03. The van der Waals surface area contributed by atoms with E-state index in [1.807, 2.05) is 0 Å².